The largest absolute Gasteiger partial charge is 0.483 e. The van der Waals surface area contributed by atoms with Crippen molar-refractivity contribution in [2.45, 2.75) is 177 Å². The number of hydrogen-bond donors (Lipinski definition) is 3. The van der Waals surface area contributed by atoms with Gasteiger partial charge in [0.15, 0.2) is 17.8 Å². The normalized spacial score (nSPS) is 28.4. The molecule has 11 heteroatoms. The number of fused-ring (bicyclic) bond motifs is 8. The van der Waals surface area contributed by atoms with Gasteiger partial charge in [0.2, 0.25) is 0 Å². The number of benzene rings is 4. The summed E-state index contributed by atoms with van der Waals surface area (Å²) in [5.74, 6) is -1.10. The number of esters is 2. The molecule has 9 atom stereocenters. The van der Waals surface area contributed by atoms with Gasteiger partial charge >= 0.3 is 17.6 Å². The summed E-state index contributed by atoms with van der Waals surface area (Å²) in [7, 11) is 1.52. The van der Waals surface area contributed by atoms with Gasteiger partial charge in [0, 0.05) is 53.9 Å². The van der Waals surface area contributed by atoms with Crippen molar-refractivity contribution in [3.63, 3.8) is 0 Å². The quantitative estimate of drug-likeness (QED) is 0.0693. The molecule has 3 N–H and O–H groups in total. The van der Waals surface area contributed by atoms with Crippen LogP contribution in [0.4, 0.5) is 0 Å². The van der Waals surface area contributed by atoms with Crippen LogP contribution in [0.3, 0.4) is 0 Å². The molecule has 3 saturated carbocycles. The summed E-state index contributed by atoms with van der Waals surface area (Å²) in [6.07, 6.45) is 12.7. The van der Waals surface area contributed by atoms with Crippen molar-refractivity contribution >= 4 is 22.9 Å². The predicted molar refractivity (Wildman–Crippen MR) is 295 cm³/mol. The Labute approximate surface area is 453 Å². The Kier molecular flexibility index (Phi) is 15.7. The van der Waals surface area contributed by atoms with Crippen LogP contribution >= 0.6 is 0 Å². The van der Waals surface area contributed by atoms with E-state index in [-0.39, 0.29) is 84.4 Å². The lowest BCUT2D eigenvalue weighted by Gasteiger charge is -2.52. The number of aryl methyl sites for hydroxylation is 2. The number of hydrogen-bond acceptors (Lipinski definition) is 11. The number of carbonyl (C=O) groups is 2. The molecule has 0 saturated heterocycles. The van der Waals surface area contributed by atoms with Crippen molar-refractivity contribution in [3.05, 3.63) is 157 Å². The average molecular weight is 1050 g/mol. The fraction of sp³-hybridized carbons (Fsp3) is 0.530. The SMILES string of the molecule is COCC(CCO)c1c(CO)c2ccc3c(c2oc1=O)C1OC(=O)CC2CC(c4cccc(C5(c6ccccc6)CCCCC5)c4)CCC2c2ccc4c(c2)CCC2CCCCC2C(C)(O3)C1OC(=O)C(=C(C)CO)CC4. The predicted octanol–water partition coefficient (Wildman–Crippen LogP) is 12.1. The van der Waals surface area contributed by atoms with Gasteiger partial charge in [0.25, 0.3) is 0 Å². The summed E-state index contributed by atoms with van der Waals surface area (Å²) in [5, 5.41) is 32.3. The number of aliphatic hydroxyl groups excluding tert-OH is 3. The molecule has 3 fully saturated rings. The van der Waals surface area contributed by atoms with Crippen LogP contribution in [0.2, 0.25) is 0 Å². The minimum Gasteiger partial charge on any atom is -0.483 e. The third-order valence-corrected chi connectivity index (χ3v) is 19.7. The van der Waals surface area contributed by atoms with Crippen molar-refractivity contribution in [1.29, 1.82) is 0 Å². The van der Waals surface area contributed by atoms with Crippen LogP contribution in [0.15, 0.2) is 105 Å². The lowest BCUT2D eigenvalue weighted by molar-refractivity contribution is -0.205. The highest BCUT2D eigenvalue weighted by Crippen LogP contribution is 2.56. The molecule has 9 unspecified atom stereocenters. The summed E-state index contributed by atoms with van der Waals surface area (Å²) < 4.78 is 33.2. The van der Waals surface area contributed by atoms with Gasteiger partial charge in [-0.2, -0.15) is 0 Å². The zero-order valence-electron chi connectivity index (χ0n) is 45.4. The molecule has 0 radical (unpaired) electrons. The standard InChI is InChI=1S/C66H78O11/c1-40(37-68)51-25-23-41-19-22-46-33-44(41)21-20-42-13-8-9-18-55(42)65(2)62(76-63(51)71)61(59-56(77-65)28-27-53-54(38-69)58(64(72)75-60(53)59)47(29-32-67)39-73-3)74-57(70)36-48-34-45(24-26-52(46)48)43-14-12-17-50(35-43)66(30-10-5-11-31-66)49-15-6-4-7-16-49/h4,6-7,12,14-17,19,22,27-28,33,35,42,45,47-48,52,55,61-62,67-69H,5,8-11,13,18,20-21,23-26,29-32,34,36-39H2,1-3H3. The van der Waals surface area contributed by atoms with Crippen LogP contribution in [0.5, 0.6) is 5.75 Å². The smallest absolute Gasteiger partial charge is 0.340 e. The fourth-order valence-electron chi connectivity index (χ4n) is 15.7. The highest BCUT2D eigenvalue weighted by molar-refractivity contribution is 5.90. The summed E-state index contributed by atoms with van der Waals surface area (Å²) in [4.78, 5) is 45.3. The fourth-order valence-corrected chi connectivity index (χ4v) is 15.7. The van der Waals surface area contributed by atoms with E-state index in [1.54, 1.807) is 19.1 Å². The van der Waals surface area contributed by atoms with Gasteiger partial charge in [-0.25, -0.2) is 9.59 Å². The molecule has 0 spiro atoms. The minimum atomic E-state index is -1.29. The monoisotopic (exact) mass is 1050 g/mol. The number of methoxy groups -OCH3 is 1. The number of rotatable bonds is 10. The Morgan fingerprint density at radius 3 is 2.35 bits per heavy atom. The zero-order chi connectivity index (χ0) is 53.4. The molecule has 408 valence electrons. The number of ether oxygens (including phenoxy) is 4. The van der Waals surface area contributed by atoms with E-state index in [1.807, 2.05) is 6.92 Å². The zero-order valence-corrected chi connectivity index (χ0v) is 45.4. The third kappa shape index (κ3) is 10.0. The van der Waals surface area contributed by atoms with Crippen molar-refractivity contribution in [1.82, 2.24) is 0 Å². The second-order valence-corrected chi connectivity index (χ2v) is 23.8. The average Bonchev–Trinajstić information content (AvgIpc) is 3.55. The second kappa shape index (κ2) is 22.6. The van der Waals surface area contributed by atoms with Crippen LogP contribution < -0.4 is 10.4 Å². The Balaban J connectivity index is 1.08. The first kappa shape index (κ1) is 53.4. The number of carbonyl (C=O) groups excluding carboxylic acids is 2. The van der Waals surface area contributed by atoms with Crippen molar-refractivity contribution in [3.8, 4) is 5.75 Å². The van der Waals surface area contributed by atoms with Crippen molar-refractivity contribution in [2.24, 2.45) is 17.8 Å². The molecule has 6 aliphatic rings. The first-order valence-electron chi connectivity index (χ1n) is 29.0. The summed E-state index contributed by atoms with van der Waals surface area (Å²) >= 11 is 0. The molecule has 11 nitrogen and oxygen atoms in total. The molecule has 0 amide bonds. The van der Waals surface area contributed by atoms with E-state index >= 15 is 9.59 Å². The summed E-state index contributed by atoms with van der Waals surface area (Å²) in [6, 6.07) is 30.9. The van der Waals surface area contributed by atoms with Crippen molar-refractivity contribution in [2.75, 3.05) is 26.9 Å². The van der Waals surface area contributed by atoms with Crippen LogP contribution in [0.25, 0.3) is 11.0 Å². The number of aliphatic hydroxyl groups is 3. The molecular formula is C66H78O11. The maximum Gasteiger partial charge on any atom is 0.340 e. The van der Waals surface area contributed by atoms with Gasteiger partial charge in [-0.15, -0.1) is 0 Å². The van der Waals surface area contributed by atoms with Gasteiger partial charge in [-0.3, -0.25) is 4.79 Å². The maximum absolute atomic E-state index is 15.6. The molecule has 1 aromatic heterocycles. The molecule has 11 rings (SSSR count). The van der Waals surface area contributed by atoms with Gasteiger partial charge < -0.3 is 38.7 Å². The Hall–Kier alpha value is -5.59. The molecule has 3 aliphatic carbocycles. The Bertz CT molecular complexity index is 3050. The molecule has 5 bridgehead atoms. The maximum atomic E-state index is 15.6. The molecule has 4 aromatic carbocycles. The van der Waals surface area contributed by atoms with Crippen LogP contribution in [0.1, 0.15) is 191 Å². The highest BCUT2D eigenvalue weighted by Gasteiger charge is 2.58. The lowest BCUT2D eigenvalue weighted by atomic mass is 9.64. The minimum absolute atomic E-state index is 0.0480. The lowest BCUT2D eigenvalue weighted by Crippen LogP contribution is -2.60. The molecule has 77 heavy (non-hydrogen) atoms. The second-order valence-electron chi connectivity index (χ2n) is 23.8. The van der Waals surface area contributed by atoms with E-state index in [0.29, 0.717) is 40.7 Å². The van der Waals surface area contributed by atoms with Crippen LogP contribution in [-0.4, -0.2) is 65.9 Å². The summed E-state index contributed by atoms with van der Waals surface area (Å²) in [5.41, 5.74) is 7.46. The van der Waals surface area contributed by atoms with Gasteiger partial charge in [-0.05, 0) is 165 Å². The Morgan fingerprint density at radius 2 is 1.57 bits per heavy atom. The van der Waals surface area contributed by atoms with E-state index in [0.717, 1.165) is 70.6 Å². The molecular weight excluding hydrogens is 969 g/mol. The topological polar surface area (TPSA) is 162 Å². The summed E-state index contributed by atoms with van der Waals surface area (Å²) in [6.45, 7) is 2.78. The van der Waals surface area contributed by atoms with Gasteiger partial charge in [0.05, 0.1) is 25.4 Å². The van der Waals surface area contributed by atoms with E-state index < -0.39 is 47.9 Å². The molecule has 5 aromatic rings. The van der Waals surface area contributed by atoms with Gasteiger partial charge in [-0.1, -0.05) is 111 Å². The molecule has 3 aliphatic heterocycles. The van der Waals surface area contributed by atoms with Crippen LogP contribution in [-0.2, 0) is 48.7 Å². The van der Waals surface area contributed by atoms with E-state index in [2.05, 4.69) is 72.8 Å². The molecule has 4 heterocycles. The van der Waals surface area contributed by atoms with Crippen molar-refractivity contribution < 1.29 is 48.3 Å². The van der Waals surface area contributed by atoms with Gasteiger partial charge in [0.1, 0.15) is 11.3 Å². The first-order chi connectivity index (χ1) is 37.5. The third-order valence-electron chi connectivity index (χ3n) is 19.7. The first-order valence-corrected chi connectivity index (χ1v) is 29.0. The van der Waals surface area contributed by atoms with E-state index in [4.69, 9.17) is 23.4 Å². The van der Waals surface area contributed by atoms with E-state index in [1.165, 1.54) is 59.8 Å². The van der Waals surface area contributed by atoms with Crippen LogP contribution in [0, 0.1) is 17.8 Å². The van der Waals surface area contributed by atoms with E-state index in [9.17, 15) is 20.1 Å². The highest BCUT2D eigenvalue weighted by atomic mass is 16.6. The Morgan fingerprint density at radius 1 is 0.766 bits per heavy atom.